The fraction of sp³-hybridized carbons (Fsp3) is 0. The van der Waals surface area contributed by atoms with Crippen molar-refractivity contribution in [2.75, 3.05) is 5.73 Å². The summed E-state index contributed by atoms with van der Waals surface area (Å²) < 4.78 is 2.45. The molecule has 0 bridgehead atoms. The van der Waals surface area contributed by atoms with Crippen LogP contribution in [0.4, 0.5) is 5.69 Å². The summed E-state index contributed by atoms with van der Waals surface area (Å²) in [7, 11) is 0. The van der Waals surface area contributed by atoms with Gasteiger partial charge in [0.25, 0.3) is 0 Å². The number of halogens is 2. The molecule has 3 rings (SSSR count). The van der Waals surface area contributed by atoms with Gasteiger partial charge in [-0.05, 0) is 40.8 Å². The van der Waals surface area contributed by atoms with E-state index in [-0.39, 0.29) is 0 Å². The van der Waals surface area contributed by atoms with Crippen LogP contribution in [-0.4, -0.2) is 20.2 Å². The third-order valence-electron chi connectivity index (χ3n) is 2.73. The van der Waals surface area contributed by atoms with Crippen LogP contribution in [0, 0.1) is 0 Å². The Labute approximate surface area is 128 Å². The number of tetrazole rings is 1. The lowest BCUT2D eigenvalue weighted by Gasteiger charge is -2.07. The number of rotatable bonds is 2. The number of nitrogens with zero attached hydrogens (tertiary/aromatic N) is 4. The van der Waals surface area contributed by atoms with Crippen LogP contribution < -0.4 is 5.73 Å². The lowest BCUT2D eigenvalue weighted by Crippen LogP contribution is -2.01. The van der Waals surface area contributed by atoms with Gasteiger partial charge in [0.15, 0.2) is 5.82 Å². The summed E-state index contributed by atoms with van der Waals surface area (Å²) in [6, 6.07) is 12.9. The van der Waals surface area contributed by atoms with Crippen molar-refractivity contribution in [3.05, 3.63) is 52.0 Å². The lowest BCUT2D eigenvalue weighted by molar-refractivity contribution is 0.791. The summed E-state index contributed by atoms with van der Waals surface area (Å²) in [5.74, 6) is 0.575. The van der Waals surface area contributed by atoms with Crippen molar-refractivity contribution in [2.24, 2.45) is 0 Å². The Morgan fingerprint density at radius 2 is 1.95 bits per heavy atom. The van der Waals surface area contributed by atoms with Gasteiger partial charge >= 0.3 is 0 Å². The van der Waals surface area contributed by atoms with Gasteiger partial charge < -0.3 is 5.73 Å². The molecule has 0 spiro atoms. The zero-order valence-electron chi connectivity index (χ0n) is 10.2. The fourth-order valence-electron chi connectivity index (χ4n) is 1.89. The van der Waals surface area contributed by atoms with E-state index in [1.165, 1.54) is 0 Å². The first-order valence-corrected chi connectivity index (χ1v) is 6.92. The quantitative estimate of drug-likeness (QED) is 0.720. The standard InChI is InChI=1S/C13H9BrClN5/c14-9-5-8(6-10(16)7-9)13-17-18-19-20(13)12-4-2-1-3-11(12)15/h1-7H,16H2. The van der Waals surface area contributed by atoms with Crippen molar-refractivity contribution in [1.82, 2.24) is 20.2 Å². The molecule has 5 nitrogen and oxygen atoms in total. The summed E-state index contributed by atoms with van der Waals surface area (Å²) in [5, 5.41) is 12.3. The molecule has 2 N–H and O–H groups in total. The molecule has 20 heavy (non-hydrogen) atoms. The number of benzene rings is 2. The molecular weight excluding hydrogens is 342 g/mol. The van der Waals surface area contributed by atoms with Gasteiger partial charge in [0.05, 0.1) is 10.7 Å². The third kappa shape index (κ3) is 2.39. The molecule has 0 aliphatic rings. The number of hydrogen-bond donors (Lipinski definition) is 1. The van der Waals surface area contributed by atoms with Crippen molar-refractivity contribution in [3.8, 4) is 17.1 Å². The Morgan fingerprint density at radius 1 is 1.15 bits per heavy atom. The molecule has 2 aromatic carbocycles. The van der Waals surface area contributed by atoms with Crippen LogP contribution in [0.3, 0.4) is 0 Å². The molecule has 0 amide bonds. The molecule has 0 saturated heterocycles. The van der Waals surface area contributed by atoms with E-state index >= 15 is 0 Å². The van der Waals surface area contributed by atoms with Crippen molar-refractivity contribution in [3.63, 3.8) is 0 Å². The van der Waals surface area contributed by atoms with E-state index in [1.54, 1.807) is 10.7 Å². The van der Waals surface area contributed by atoms with E-state index in [0.29, 0.717) is 22.2 Å². The predicted molar refractivity (Wildman–Crippen MR) is 81.7 cm³/mol. The number of hydrogen-bond acceptors (Lipinski definition) is 4. The summed E-state index contributed by atoms with van der Waals surface area (Å²) in [6.45, 7) is 0. The summed E-state index contributed by atoms with van der Waals surface area (Å²) in [4.78, 5) is 0. The van der Waals surface area contributed by atoms with Crippen LogP contribution >= 0.6 is 27.5 Å². The van der Waals surface area contributed by atoms with Crippen LogP contribution in [-0.2, 0) is 0 Å². The van der Waals surface area contributed by atoms with E-state index in [2.05, 4.69) is 31.5 Å². The van der Waals surface area contributed by atoms with E-state index in [4.69, 9.17) is 17.3 Å². The van der Waals surface area contributed by atoms with E-state index in [0.717, 1.165) is 10.0 Å². The number of nitrogen functional groups attached to an aromatic ring is 1. The molecule has 0 radical (unpaired) electrons. The highest BCUT2D eigenvalue weighted by Gasteiger charge is 2.13. The largest absolute Gasteiger partial charge is 0.399 e. The average molecular weight is 351 g/mol. The Hall–Kier alpha value is -1.92. The molecule has 1 heterocycles. The summed E-state index contributed by atoms with van der Waals surface area (Å²) in [5.41, 5.74) is 8.00. The molecule has 0 unspecified atom stereocenters. The topological polar surface area (TPSA) is 69.6 Å². The second-order valence-corrected chi connectivity index (χ2v) is 5.46. The molecule has 1 aromatic heterocycles. The lowest BCUT2D eigenvalue weighted by atomic mass is 10.2. The Kier molecular flexibility index (Phi) is 3.42. The van der Waals surface area contributed by atoms with Gasteiger partial charge in [-0.1, -0.05) is 39.7 Å². The third-order valence-corrected chi connectivity index (χ3v) is 3.51. The van der Waals surface area contributed by atoms with Gasteiger partial charge in [-0.2, -0.15) is 4.68 Å². The monoisotopic (exact) mass is 349 g/mol. The van der Waals surface area contributed by atoms with Crippen LogP contribution in [0.1, 0.15) is 0 Å². The van der Waals surface area contributed by atoms with Gasteiger partial charge in [0.2, 0.25) is 0 Å². The maximum absolute atomic E-state index is 6.19. The zero-order chi connectivity index (χ0) is 14.1. The van der Waals surface area contributed by atoms with Crippen molar-refractivity contribution in [2.45, 2.75) is 0 Å². The van der Waals surface area contributed by atoms with Crippen molar-refractivity contribution in [1.29, 1.82) is 0 Å². The second-order valence-electron chi connectivity index (χ2n) is 4.14. The fourth-order valence-corrected chi connectivity index (χ4v) is 2.62. The smallest absolute Gasteiger partial charge is 0.187 e. The van der Waals surface area contributed by atoms with Gasteiger partial charge in [-0.3, -0.25) is 0 Å². The van der Waals surface area contributed by atoms with Crippen LogP contribution in [0.25, 0.3) is 17.1 Å². The molecule has 0 fully saturated rings. The molecule has 0 aliphatic heterocycles. The van der Waals surface area contributed by atoms with Crippen molar-refractivity contribution >= 4 is 33.2 Å². The normalized spacial score (nSPS) is 10.7. The maximum atomic E-state index is 6.19. The highest BCUT2D eigenvalue weighted by Crippen LogP contribution is 2.27. The highest BCUT2D eigenvalue weighted by atomic mass is 79.9. The molecule has 7 heteroatoms. The minimum absolute atomic E-state index is 0.573. The summed E-state index contributed by atoms with van der Waals surface area (Å²) in [6.07, 6.45) is 0. The Bertz CT molecular complexity index is 751. The zero-order valence-corrected chi connectivity index (χ0v) is 12.5. The van der Waals surface area contributed by atoms with Crippen LogP contribution in [0.5, 0.6) is 0 Å². The minimum atomic E-state index is 0.573. The number of anilines is 1. The predicted octanol–water partition coefficient (Wildman–Crippen LogP) is 3.33. The molecular formula is C13H9BrClN5. The Balaban J connectivity index is 2.18. The van der Waals surface area contributed by atoms with Gasteiger partial charge in [-0.25, -0.2) is 0 Å². The Morgan fingerprint density at radius 3 is 2.70 bits per heavy atom. The van der Waals surface area contributed by atoms with Crippen molar-refractivity contribution < 1.29 is 0 Å². The minimum Gasteiger partial charge on any atom is -0.399 e. The van der Waals surface area contributed by atoms with E-state index < -0.39 is 0 Å². The maximum Gasteiger partial charge on any atom is 0.187 e. The number of para-hydroxylation sites is 1. The number of aromatic nitrogens is 4. The SMILES string of the molecule is Nc1cc(Br)cc(-c2nnnn2-c2ccccc2Cl)c1. The second kappa shape index (κ2) is 5.22. The molecule has 0 aliphatic carbocycles. The summed E-state index contributed by atoms with van der Waals surface area (Å²) >= 11 is 9.60. The molecule has 3 aromatic rings. The first-order valence-electron chi connectivity index (χ1n) is 5.75. The van der Waals surface area contributed by atoms with Gasteiger partial charge in [0, 0.05) is 15.7 Å². The molecule has 100 valence electrons. The van der Waals surface area contributed by atoms with E-state index in [1.807, 2.05) is 36.4 Å². The van der Waals surface area contributed by atoms with Gasteiger partial charge in [0.1, 0.15) is 0 Å². The van der Waals surface area contributed by atoms with Gasteiger partial charge in [-0.15, -0.1) is 5.10 Å². The van der Waals surface area contributed by atoms with E-state index in [9.17, 15) is 0 Å². The first kappa shape index (κ1) is 13.1. The highest BCUT2D eigenvalue weighted by molar-refractivity contribution is 9.10. The molecule has 0 atom stereocenters. The van der Waals surface area contributed by atoms with Crippen LogP contribution in [0.2, 0.25) is 5.02 Å². The van der Waals surface area contributed by atoms with Crippen LogP contribution in [0.15, 0.2) is 46.9 Å². The number of nitrogens with two attached hydrogens (primary N) is 1. The average Bonchev–Trinajstić information content (AvgIpc) is 2.87. The molecule has 0 saturated carbocycles. The first-order chi connectivity index (χ1) is 9.65.